The molecule has 3 nitrogen and oxygen atoms in total. The van der Waals surface area contributed by atoms with Crippen LogP contribution in [0.4, 0.5) is 0 Å². The van der Waals surface area contributed by atoms with Gasteiger partial charge in [-0.05, 0) is 29.0 Å². The number of amides is 1. The zero-order valence-corrected chi connectivity index (χ0v) is 12.1. The summed E-state index contributed by atoms with van der Waals surface area (Å²) < 4.78 is 0. The first kappa shape index (κ1) is 13.6. The number of carbonyl (C=O) groups is 1. The second kappa shape index (κ2) is 6.40. The van der Waals surface area contributed by atoms with E-state index in [1.54, 1.807) is 0 Å². The standard InChI is InChI=1S/C17H24N2O/c20-17(8-6-13-3-1-2-4-13)19-10-14-5-7-15-11-18-12-16(15)9-14/h5,7,9,13,18H,1-4,6,8,10-12H2,(H,19,20). The Hall–Kier alpha value is -1.35. The Labute approximate surface area is 121 Å². The lowest BCUT2D eigenvalue weighted by molar-refractivity contribution is -0.121. The molecule has 0 spiro atoms. The molecule has 1 fully saturated rings. The van der Waals surface area contributed by atoms with Gasteiger partial charge in [0.05, 0.1) is 0 Å². The predicted molar refractivity (Wildman–Crippen MR) is 80.0 cm³/mol. The highest BCUT2D eigenvalue weighted by atomic mass is 16.1. The SMILES string of the molecule is O=C(CCC1CCCC1)NCc1ccc2c(c1)CNC2. The van der Waals surface area contributed by atoms with Gasteiger partial charge in [0.15, 0.2) is 0 Å². The zero-order chi connectivity index (χ0) is 13.8. The van der Waals surface area contributed by atoms with Crippen molar-refractivity contribution in [1.82, 2.24) is 10.6 Å². The molecule has 2 aliphatic rings. The fourth-order valence-electron chi connectivity index (χ4n) is 3.38. The van der Waals surface area contributed by atoms with E-state index in [1.165, 1.54) is 42.4 Å². The number of hydrogen-bond acceptors (Lipinski definition) is 2. The van der Waals surface area contributed by atoms with Gasteiger partial charge in [0.1, 0.15) is 0 Å². The van der Waals surface area contributed by atoms with Crippen LogP contribution in [0.25, 0.3) is 0 Å². The highest BCUT2D eigenvalue weighted by Crippen LogP contribution is 2.28. The Morgan fingerprint density at radius 3 is 2.85 bits per heavy atom. The number of nitrogens with one attached hydrogen (secondary N) is 2. The lowest BCUT2D eigenvalue weighted by atomic mass is 10.0. The first-order valence-electron chi connectivity index (χ1n) is 7.89. The maximum Gasteiger partial charge on any atom is 0.220 e. The summed E-state index contributed by atoms with van der Waals surface area (Å²) in [6.45, 7) is 2.60. The smallest absolute Gasteiger partial charge is 0.220 e. The summed E-state index contributed by atoms with van der Waals surface area (Å²) in [4.78, 5) is 11.9. The van der Waals surface area contributed by atoms with Crippen molar-refractivity contribution in [2.24, 2.45) is 5.92 Å². The van der Waals surface area contributed by atoms with Gasteiger partial charge in [0, 0.05) is 26.1 Å². The molecule has 0 radical (unpaired) electrons. The molecular weight excluding hydrogens is 248 g/mol. The fourth-order valence-corrected chi connectivity index (χ4v) is 3.38. The van der Waals surface area contributed by atoms with E-state index in [-0.39, 0.29) is 5.91 Å². The van der Waals surface area contributed by atoms with Gasteiger partial charge >= 0.3 is 0 Å². The Bertz CT molecular complexity index is 478. The molecule has 1 saturated carbocycles. The summed E-state index contributed by atoms with van der Waals surface area (Å²) >= 11 is 0. The molecule has 20 heavy (non-hydrogen) atoms. The first-order chi connectivity index (χ1) is 9.81. The summed E-state index contributed by atoms with van der Waals surface area (Å²) in [7, 11) is 0. The van der Waals surface area contributed by atoms with Crippen molar-refractivity contribution < 1.29 is 4.79 Å². The molecule has 1 aromatic rings. The summed E-state index contributed by atoms with van der Waals surface area (Å²) in [6, 6.07) is 6.52. The lowest BCUT2D eigenvalue weighted by Crippen LogP contribution is -2.23. The van der Waals surface area contributed by atoms with Crippen molar-refractivity contribution in [2.75, 3.05) is 0 Å². The molecule has 1 heterocycles. The van der Waals surface area contributed by atoms with Gasteiger partial charge in [-0.25, -0.2) is 0 Å². The van der Waals surface area contributed by atoms with Gasteiger partial charge in [-0.3, -0.25) is 4.79 Å². The minimum Gasteiger partial charge on any atom is -0.352 e. The van der Waals surface area contributed by atoms with Gasteiger partial charge in [-0.2, -0.15) is 0 Å². The Kier molecular flexibility index (Phi) is 4.36. The third kappa shape index (κ3) is 3.40. The zero-order valence-electron chi connectivity index (χ0n) is 12.1. The van der Waals surface area contributed by atoms with E-state index >= 15 is 0 Å². The summed E-state index contributed by atoms with van der Waals surface area (Å²) in [5.74, 6) is 1.00. The number of fused-ring (bicyclic) bond motifs is 1. The molecule has 0 unspecified atom stereocenters. The number of benzene rings is 1. The Morgan fingerprint density at radius 1 is 1.20 bits per heavy atom. The number of carbonyl (C=O) groups excluding carboxylic acids is 1. The average molecular weight is 272 g/mol. The van der Waals surface area contributed by atoms with Crippen LogP contribution in [-0.2, 0) is 24.4 Å². The molecule has 3 heteroatoms. The van der Waals surface area contributed by atoms with Crippen LogP contribution in [0, 0.1) is 5.92 Å². The second-order valence-corrected chi connectivity index (χ2v) is 6.17. The van der Waals surface area contributed by atoms with Crippen molar-refractivity contribution in [3.63, 3.8) is 0 Å². The van der Waals surface area contributed by atoms with E-state index in [0.29, 0.717) is 13.0 Å². The molecule has 2 N–H and O–H groups in total. The van der Waals surface area contributed by atoms with Gasteiger partial charge < -0.3 is 10.6 Å². The minimum absolute atomic E-state index is 0.204. The molecule has 1 amide bonds. The molecule has 1 aromatic carbocycles. The van der Waals surface area contributed by atoms with Crippen LogP contribution in [0.3, 0.4) is 0 Å². The van der Waals surface area contributed by atoms with Crippen LogP contribution in [-0.4, -0.2) is 5.91 Å². The van der Waals surface area contributed by atoms with E-state index < -0.39 is 0 Å². The molecule has 0 aromatic heterocycles. The topological polar surface area (TPSA) is 41.1 Å². The average Bonchev–Trinajstić information content (AvgIpc) is 3.13. The van der Waals surface area contributed by atoms with Crippen LogP contribution >= 0.6 is 0 Å². The molecular formula is C17H24N2O. The molecule has 0 atom stereocenters. The van der Waals surface area contributed by atoms with Crippen LogP contribution < -0.4 is 10.6 Å². The van der Waals surface area contributed by atoms with Gasteiger partial charge in [-0.1, -0.05) is 43.9 Å². The van der Waals surface area contributed by atoms with Crippen molar-refractivity contribution in [2.45, 2.75) is 58.2 Å². The lowest BCUT2D eigenvalue weighted by Gasteiger charge is -2.10. The molecule has 1 aliphatic carbocycles. The van der Waals surface area contributed by atoms with Crippen LogP contribution in [0.5, 0.6) is 0 Å². The Balaban J connectivity index is 1.43. The summed E-state index contributed by atoms with van der Waals surface area (Å²) in [5, 5.41) is 6.40. The highest BCUT2D eigenvalue weighted by molar-refractivity contribution is 5.75. The van der Waals surface area contributed by atoms with E-state index in [4.69, 9.17) is 0 Å². The fraction of sp³-hybridized carbons (Fsp3) is 0.588. The quantitative estimate of drug-likeness (QED) is 0.865. The molecule has 1 aliphatic heterocycles. The van der Waals surface area contributed by atoms with E-state index in [1.807, 2.05) is 0 Å². The van der Waals surface area contributed by atoms with Crippen molar-refractivity contribution in [3.05, 3.63) is 34.9 Å². The van der Waals surface area contributed by atoms with Gasteiger partial charge in [-0.15, -0.1) is 0 Å². The molecule has 0 bridgehead atoms. The first-order valence-corrected chi connectivity index (χ1v) is 7.89. The monoisotopic (exact) mass is 272 g/mol. The highest BCUT2D eigenvalue weighted by Gasteiger charge is 2.16. The van der Waals surface area contributed by atoms with Crippen molar-refractivity contribution in [1.29, 1.82) is 0 Å². The maximum absolute atomic E-state index is 11.9. The number of rotatable bonds is 5. The van der Waals surface area contributed by atoms with Crippen molar-refractivity contribution in [3.8, 4) is 0 Å². The van der Waals surface area contributed by atoms with Crippen LogP contribution in [0.15, 0.2) is 18.2 Å². The molecule has 108 valence electrons. The number of hydrogen-bond donors (Lipinski definition) is 2. The maximum atomic E-state index is 11.9. The molecule has 3 rings (SSSR count). The van der Waals surface area contributed by atoms with Crippen LogP contribution in [0.1, 0.15) is 55.2 Å². The van der Waals surface area contributed by atoms with Crippen LogP contribution in [0.2, 0.25) is 0 Å². The second-order valence-electron chi connectivity index (χ2n) is 6.17. The van der Waals surface area contributed by atoms with E-state index in [2.05, 4.69) is 28.8 Å². The van der Waals surface area contributed by atoms with Gasteiger partial charge in [0.25, 0.3) is 0 Å². The normalized spacial score (nSPS) is 18.2. The molecule has 0 saturated heterocycles. The third-order valence-corrected chi connectivity index (χ3v) is 4.65. The predicted octanol–water partition coefficient (Wildman–Crippen LogP) is 2.88. The van der Waals surface area contributed by atoms with E-state index in [9.17, 15) is 4.79 Å². The largest absolute Gasteiger partial charge is 0.352 e. The minimum atomic E-state index is 0.204. The summed E-state index contributed by atoms with van der Waals surface area (Å²) in [6.07, 6.45) is 7.12. The third-order valence-electron chi connectivity index (χ3n) is 4.65. The van der Waals surface area contributed by atoms with Gasteiger partial charge in [0.2, 0.25) is 5.91 Å². The Morgan fingerprint density at radius 2 is 2.00 bits per heavy atom. The van der Waals surface area contributed by atoms with E-state index in [0.717, 1.165) is 25.4 Å². The summed E-state index contributed by atoms with van der Waals surface area (Å²) in [5.41, 5.74) is 3.98. The van der Waals surface area contributed by atoms with Crippen molar-refractivity contribution >= 4 is 5.91 Å².